The molecule has 0 unspecified atom stereocenters. The third kappa shape index (κ3) is 3.48. The van der Waals surface area contributed by atoms with Crippen LogP contribution in [0.4, 0.5) is 4.39 Å². The number of ether oxygens (including phenoxy) is 1. The van der Waals surface area contributed by atoms with Gasteiger partial charge >= 0.3 is 0 Å². The van der Waals surface area contributed by atoms with Crippen molar-refractivity contribution in [1.29, 1.82) is 0 Å². The molecule has 0 atom stereocenters. The predicted molar refractivity (Wildman–Crippen MR) is 80.9 cm³/mol. The van der Waals surface area contributed by atoms with Crippen LogP contribution in [-0.4, -0.2) is 12.0 Å². The third-order valence-corrected chi connectivity index (χ3v) is 3.64. The molecule has 0 aliphatic rings. The molecule has 0 fully saturated rings. The van der Waals surface area contributed by atoms with Crippen molar-refractivity contribution < 1.29 is 9.13 Å². The molecule has 2 aromatic rings. The van der Waals surface area contributed by atoms with E-state index < -0.39 is 5.82 Å². The maximum atomic E-state index is 13.4. The number of pyridine rings is 1. The van der Waals surface area contributed by atoms with Gasteiger partial charge in [0.15, 0.2) is 0 Å². The number of nitrogens with one attached hydrogen (secondary N) is 1. The van der Waals surface area contributed by atoms with Crippen molar-refractivity contribution in [3.63, 3.8) is 0 Å². The van der Waals surface area contributed by atoms with E-state index in [1.165, 1.54) is 12.1 Å². The van der Waals surface area contributed by atoms with E-state index in [1.807, 2.05) is 20.0 Å². The number of hydrogen-bond acceptors (Lipinski definition) is 3. The number of benzene rings is 1. The number of rotatable bonds is 4. The summed E-state index contributed by atoms with van der Waals surface area (Å²) in [5, 5.41) is 3.10. The van der Waals surface area contributed by atoms with Gasteiger partial charge in [-0.3, -0.25) is 0 Å². The number of halogens is 3. The van der Waals surface area contributed by atoms with Crippen molar-refractivity contribution in [2.45, 2.75) is 13.5 Å². The molecule has 0 bridgehead atoms. The van der Waals surface area contributed by atoms with Crippen molar-refractivity contribution in [1.82, 2.24) is 10.3 Å². The first-order valence-corrected chi connectivity index (χ1v) is 7.12. The molecule has 0 aliphatic carbocycles. The summed E-state index contributed by atoms with van der Waals surface area (Å²) < 4.78 is 19.6. The first-order chi connectivity index (χ1) is 9.51. The van der Waals surface area contributed by atoms with Crippen LogP contribution in [0, 0.1) is 12.7 Å². The van der Waals surface area contributed by atoms with E-state index in [0.29, 0.717) is 16.1 Å². The molecule has 1 heterocycles. The van der Waals surface area contributed by atoms with E-state index in [2.05, 4.69) is 26.2 Å². The Bertz CT molecular complexity index is 637. The van der Waals surface area contributed by atoms with Crippen LogP contribution in [0.1, 0.15) is 11.3 Å². The van der Waals surface area contributed by atoms with E-state index in [4.69, 9.17) is 16.3 Å². The molecule has 0 saturated carbocycles. The van der Waals surface area contributed by atoms with E-state index >= 15 is 0 Å². The summed E-state index contributed by atoms with van der Waals surface area (Å²) in [4.78, 5) is 4.34. The molecule has 20 heavy (non-hydrogen) atoms. The summed E-state index contributed by atoms with van der Waals surface area (Å²) in [5.41, 5.74) is 1.95. The molecular formula is C14H13BrClFN2O. The molecular weight excluding hydrogens is 347 g/mol. The highest BCUT2D eigenvalue weighted by atomic mass is 79.9. The fraction of sp³-hybridized carbons (Fsp3) is 0.214. The standard InChI is InChI=1S/C14H13BrClFN2O/c1-8-9(7-18-2)3-4-14(19-8)20-13-6-12(17)11(16)5-10(13)15/h3-6,18H,7H2,1-2H3. The summed E-state index contributed by atoms with van der Waals surface area (Å²) in [6.45, 7) is 2.63. The fourth-order valence-corrected chi connectivity index (χ4v) is 2.42. The van der Waals surface area contributed by atoms with Crippen LogP contribution in [0.15, 0.2) is 28.7 Å². The van der Waals surface area contributed by atoms with Gasteiger partial charge in [-0.1, -0.05) is 17.7 Å². The third-order valence-electron chi connectivity index (χ3n) is 2.73. The molecule has 1 aromatic carbocycles. The maximum absolute atomic E-state index is 13.4. The lowest BCUT2D eigenvalue weighted by atomic mass is 10.2. The molecule has 6 heteroatoms. The van der Waals surface area contributed by atoms with Crippen molar-refractivity contribution in [2.75, 3.05) is 7.05 Å². The van der Waals surface area contributed by atoms with E-state index in [0.717, 1.165) is 17.8 Å². The predicted octanol–water partition coefficient (Wildman–Crippen LogP) is 4.46. The summed E-state index contributed by atoms with van der Waals surface area (Å²) >= 11 is 8.97. The minimum atomic E-state index is -0.534. The van der Waals surface area contributed by atoms with Gasteiger partial charge in [0.25, 0.3) is 0 Å². The first kappa shape index (κ1) is 15.2. The van der Waals surface area contributed by atoms with Crippen LogP contribution in [0.2, 0.25) is 5.02 Å². The van der Waals surface area contributed by atoms with Crippen LogP contribution >= 0.6 is 27.5 Å². The highest BCUT2D eigenvalue weighted by Crippen LogP contribution is 2.33. The molecule has 106 valence electrons. The van der Waals surface area contributed by atoms with E-state index in [9.17, 15) is 4.39 Å². The zero-order valence-electron chi connectivity index (χ0n) is 11.0. The fourth-order valence-electron chi connectivity index (χ4n) is 1.70. The Morgan fingerprint density at radius 3 is 2.80 bits per heavy atom. The Morgan fingerprint density at radius 1 is 1.40 bits per heavy atom. The van der Waals surface area contributed by atoms with Gasteiger partial charge in [0.2, 0.25) is 5.88 Å². The normalized spacial score (nSPS) is 10.7. The average molecular weight is 360 g/mol. The zero-order valence-corrected chi connectivity index (χ0v) is 13.3. The highest BCUT2D eigenvalue weighted by molar-refractivity contribution is 9.10. The second-order valence-corrected chi connectivity index (χ2v) is 5.48. The van der Waals surface area contributed by atoms with Crippen LogP contribution < -0.4 is 10.1 Å². The molecule has 1 aromatic heterocycles. The Morgan fingerprint density at radius 2 is 2.15 bits per heavy atom. The van der Waals surface area contributed by atoms with Gasteiger partial charge in [0, 0.05) is 24.4 Å². The first-order valence-electron chi connectivity index (χ1n) is 5.94. The van der Waals surface area contributed by atoms with Gasteiger partial charge in [0.05, 0.1) is 9.50 Å². The molecule has 0 saturated heterocycles. The highest BCUT2D eigenvalue weighted by Gasteiger charge is 2.10. The van der Waals surface area contributed by atoms with Gasteiger partial charge in [0.1, 0.15) is 11.6 Å². The molecule has 1 N–H and O–H groups in total. The SMILES string of the molecule is CNCc1ccc(Oc2cc(F)c(Cl)cc2Br)nc1C. The lowest BCUT2D eigenvalue weighted by molar-refractivity contribution is 0.453. The molecule has 3 nitrogen and oxygen atoms in total. The zero-order chi connectivity index (χ0) is 14.7. The van der Waals surface area contributed by atoms with Crippen LogP contribution in [0.25, 0.3) is 0 Å². The summed E-state index contributed by atoms with van der Waals surface area (Å²) in [6, 6.07) is 6.35. The van der Waals surface area contributed by atoms with Crippen molar-refractivity contribution >= 4 is 27.5 Å². The summed E-state index contributed by atoms with van der Waals surface area (Å²) in [7, 11) is 1.87. The van der Waals surface area contributed by atoms with E-state index in [-0.39, 0.29) is 5.02 Å². The van der Waals surface area contributed by atoms with Gasteiger partial charge in [-0.05, 0) is 41.5 Å². The average Bonchev–Trinajstić information content (AvgIpc) is 2.39. The van der Waals surface area contributed by atoms with Gasteiger partial charge in [-0.2, -0.15) is 0 Å². The van der Waals surface area contributed by atoms with Crippen LogP contribution in [0.3, 0.4) is 0 Å². The molecule has 0 amide bonds. The topological polar surface area (TPSA) is 34.1 Å². The Balaban J connectivity index is 2.26. The molecule has 0 aliphatic heterocycles. The van der Waals surface area contributed by atoms with Crippen molar-refractivity contribution in [3.8, 4) is 11.6 Å². The second kappa shape index (κ2) is 6.52. The number of aryl methyl sites for hydroxylation is 1. The minimum absolute atomic E-state index is 0.0396. The monoisotopic (exact) mass is 358 g/mol. The van der Waals surface area contributed by atoms with E-state index in [1.54, 1.807) is 6.07 Å². The van der Waals surface area contributed by atoms with Gasteiger partial charge < -0.3 is 10.1 Å². The van der Waals surface area contributed by atoms with Gasteiger partial charge in [-0.15, -0.1) is 0 Å². The molecule has 2 rings (SSSR count). The number of hydrogen-bond donors (Lipinski definition) is 1. The Kier molecular flexibility index (Phi) is 4.96. The summed E-state index contributed by atoms with van der Waals surface area (Å²) in [6.07, 6.45) is 0. The smallest absolute Gasteiger partial charge is 0.219 e. The quantitative estimate of drug-likeness (QED) is 0.819. The Labute approximate surface area is 130 Å². The number of nitrogens with zero attached hydrogens (tertiary/aromatic N) is 1. The van der Waals surface area contributed by atoms with Crippen LogP contribution in [-0.2, 0) is 6.54 Å². The summed E-state index contributed by atoms with van der Waals surface area (Å²) in [5.74, 6) is 0.207. The van der Waals surface area contributed by atoms with Gasteiger partial charge in [-0.25, -0.2) is 9.37 Å². The number of aromatic nitrogens is 1. The van der Waals surface area contributed by atoms with Crippen molar-refractivity contribution in [3.05, 3.63) is 50.8 Å². The molecule has 0 radical (unpaired) electrons. The Hall–Kier alpha value is -1.17. The lowest BCUT2D eigenvalue weighted by Gasteiger charge is -2.10. The van der Waals surface area contributed by atoms with Crippen LogP contribution in [0.5, 0.6) is 11.6 Å². The maximum Gasteiger partial charge on any atom is 0.219 e. The second-order valence-electron chi connectivity index (χ2n) is 4.22. The lowest BCUT2D eigenvalue weighted by Crippen LogP contribution is -2.07. The van der Waals surface area contributed by atoms with Crippen molar-refractivity contribution in [2.24, 2.45) is 0 Å². The molecule has 0 spiro atoms. The largest absolute Gasteiger partial charge is 0.438 e. The minimum Gasteiger partial charge on any atom is -0.438 e.